The van der Waals surface area contributed by atoms with Gasteiger partial charge in [-0.15, -0.1) is 0 Å². The monoisotopic (exact) mass is 485 g/mol. The zero-order valence-corrected chi connectivity index (χ0v) is 20.2. The molecule has 33 heavy (non-hydrogen) atoms. The number of H-pyrrole nitrogens is 1. The van der Waals surface area contributed by atoms with Gasteiger partial charge in [0.1, 0.15) is 17.7 Å². The van der Waals surface area contributed by atoms with Crippen molar-refractivity contribution in [2.45, 2.75) is 58.2 Å². The maximum absolute atomic E-state index is 12.8. The molecule has 1 heterocycles. The van der Waals surface area contributed by atoms with Crippen LogP contribution in [0.4, 0.5) is 4.79 Å². The van der Waals surface area contributed by atoms with Crippen molar-refractivity contribution < 1.29 is 33.4 Å². The molecule has 1 aromatic rings. The third-order valence-electron chi connectivity index (χ3n) is 3.87. The molecule has 4 N–H and O–H groups in total. The van der Waals surface area contributed by atoms with Crippen molar-refractivity contribution in [1.82, 2.24) is 25.9 Å². The molecule has 0 aliphatic carbocycles. The second kappa shape index (κ2) is 13.5. The zero-order valence-electron chi connectivity index (χ0n) is 19.4. The quantitative estimate of drug-likeness (QED) is 0.322. The van der Waals surface area contributed by atoms with Crippen LogP contribution in [0.1, 0.15) is 39.8 Å². The molecule has 0 aromatic carbocycles. The molecule has 0 saturated carbocycles. The van der Waals surface area contributed by atoms with Gasteiger partial charge in [-0.2, -0.15) is 0 Å². The Morgan fingerprint density at radius 3 is 2.39 bits per heavy atom. The van der Waals surface area contributed by atoms with Crippen molar-refractivity contribution in [3.8, 4) is 0 Å². The Morgan fingerprint density at radius 2 is 1.85 bits per heavy atom. The van der Waals surface area contributed by atoms with Gasteiger partial charge in [0, 0.05) is 44.0 Å². The molecule has 0 spiro atoms. The number of aromatic amines is 1. The molecule has 3 amide bonds. The molecule has 2 atom stereocenters. The number of hydrogen-bond donors (Lipinski definition) is 4. The first kappa shape index (κ1) is 27.9. The number of carbonyl (C=O) groups is 5. The van der Waals surface area contributed by atoms with Crippen LogP contribution in [-0.4, -0.2) is 76.1 Å². The minimum absolute atomic E-state index is 0.0196. The highest BCUT2D eigenvalue weighted by molar-refractivity contribution is 8.13. The van der Waals surface area contributed by atoms with Crippen molar-refractivity contribution in [3.05, 3.63) is 18.2 Å². The van der Waals surface area contributed by atoms with Crippen LogP contribution in [0.25, 0.3) is 0 Å². The van der Waals surface area contributed by atoms with Gasteiger partial charge in [-0.05, 0) is 20.8 Å². The normalized spacial score (nSPS) is 12.8. The highest BCUT2D eigenvalue weighted by Gasteiger charge is 2.27. The lowest BCUT2D eigenvalue weighted by Gasteiger charge is -2.20. The standard InChI is InChI=1S/C20H31N5O7S/c1-12(26)24-15(17(28)31-5)10-33-18(29)14(8-13-9-21-11-23-13)25-16(27)6-7-22-19(30)32-20(2,3)4/h9,11,14-15H,6-8,10H2,1-5H3,(H,21,23)(H,22,30)(H,24,26)(H,25,27). The predicted molar refractivity (Wildman–Crippen MR) is 120 cm³/mol. The molecule has 0 bridgehead atoms. The summed E-state index contributed by atoms with van der Waals surface area (Å²) in [5.41, 5.74) is -0.0442. The fraction of sp³-hybridized carbons (Fsp3) is 0.600. The van der Waals surface area contributed by atoms with E-state index in [2.05, 4.69) is 30.7 Å². The number of aromatic nitrogens is 2. The lowest BCUT2D eigenvalue weighted by molar-refractivity contribution is -0.144. The number of ether oxygens (including phenoxy) is 2. The molecular weight excluding hydrogens is 454 g/mol. The molecule has 12 nitrogen and oxygen atoms in total. The van der Waals surface area contributed by atoms with E-state index >= 15 is 0 Å². The van der Waals surface area contributed by atoms with Gasteiger partial charge < -0.3 is 30.4 Å². The summed E-state index contributed by atoms with van der Waals surface area (Å²) in [4.78, 5) is 66.8. The van der Waals surface area contributed by atoms with E-state index in [-0.39, 0.29) is 25.1 Å². The molecule has 184 valence electrons. The summed E-state index contributed by atoms with van der Waals surface area (Å²) < 4.78 is 9.74. The minimum Gasteiger partial charge on any atom is -0.467 e. The Kier molecular flexibility index (Phi) is 11.4. The van der Waals surface area contributed by atoms with Crippen LogP contribution in [-0.2, 0) is 35.1 Å². The number of imidazole rings is 1. The Hall–Kier alpha value is -3.09. The van der Waals surface area contributed by atoms with E-state index in [1.165, 1.54) is 26.6 Å². The summed E-state index contributed by atoms with van der Waals surface area (Å²) in [6.07, 6.45) is 2.38. The number of nitrogens with one attached hydrogen (secondary N) is 4. The Balaban J connectivity index is 2.69. The fourth-order valence-corrected chi connectivity index (χ4v) is 3.38. The second-order valence-corrected chi connectivity index (χ2v) is 9.01. The average molecular weight is 486 g/mol. The summed E-state index contributed by atoms with van der Waals surface area (Å²) in [5.74, 6) is -1.66. The van der Waals surface area contributed by atoms with Crippen molar-refractivity contribution in [3.63, 3.8) is 0 Å². The van der Waals surface area contributed by atoms with Gasteiger partial charge in [0.05, 0.1) is 13.4 Å². The van der Waals surface area contributed by atoms with Crippen LogP contribution < -0.4 is 16.0 Å². The minimum atomic E-state index is -1.01. The van der Waals surface area contributed by atoms with Crippen LogP contribution in [0.15, 0.2) is 12.5 Å². The fourth-order valence-electron chi connectivity index (χ4n) is 2.49. The van der Waals surface area contributed by atoms with E-state index in [9.17, 15) is 24.0 Å². The van der Waals surface area contributed by atoms with Gasteiger partial charge in [-0.3, -0.25) is 14.4 Å². The van der Waals surface area contributed by atoms with E-state index in [1.54, 1.807) is 20.8 Å². The molecule has 0 aliphatic rings. The third kappa shape index (κ3) is 11.9. The average Bonchev–Trinajstić information content (AvgIpc) is 3.21. The van der Waals surface area contributed by atoms with E-state index in [0.717, 1.165) is 11.8 Å². The smallest absolute Gasteiger partial charge is 0.407 e. The van der Waals surface area contributed by atoms with Gasteiger partial charge in [-0.25, -0.2) is 14.6 Å². The maximum Gasteiger partial charge on any atom is 0.407 e. The molecule has 1 aromatic heterocycles. The molecule has 13 heteroatoms. The van der Waals surface area contributed by atoms with Crippen LogP contribution in [0.5, 0.6) is 0 Å². The third-order valence-corrected chi connectivity index (χ3v) is 4.94. The van der Waals surface area contributed by atoms with Crippen LogP contribution in [0.2, 0.25) is 0 Å². The van der Waals surface area contributed by atoms with Crippen molar-refractivity contribution in [2.24, 2.45) is 0 Å². The van der Waals surface area contributed by atoms with Gasteiger partial charge in [0.2, 0.25) is 16.9 Å². The van der Waals surface area contributed by atoms with E-state index in [4.69, 9.17) is 4.74 Å². The van der Waals surface area contributed by atoms with Gasteiger partial charge in [0.25, 0.3) is 0 Å². The molecular formula is C20H31N5O7S. The second-order valence-electron chi connectivity index (χ2n) is 7.99. The summed E-state index contributed by atoms with van der Waals surface area (Å²) in [6.45, 7) is 6.43. The van der Waals surface area contributed by atoms with Crippen molar-refractivity contribution >= 4 is 40.8 Å². The first-order valence-corrected chi connectivity index (χ1v) is 11.1. The number of thioether (sulfide) groups is 1. The number of rotatable bonds is 11. The first-order chi connectivity index (χ1) is 15.4. The number of hydrogen-bond acceptors (Lipinski definition) is 9. The number of nitrogens with zero attached hydrogens (tertiary/aromatic N) is 1. The zero-order chi connectivity index (χ0) is 25.0. The maximum atomic E-state index is 12.8. The topological polar surface area (TPSA) is 169 Å². The lowest BCUT2D eigenvalue weighted by atomic mass is 10.2. The summed E-state index contributed by atoms with van der Waals surface area (Å²) >= 11 is 0.784. The first-order valence-electron chi connectivity index (χ1n) is 10.2. The SMILES string of the molecule is COC(=O)C(CSC(=O)C(Cc1cnc[nH]1)NC(=O)CCNC(=O)OC(C)(C)C)NC(C)=O. The summed E-state index contributed by atoms with van der Waals surface area (Å²) in [5, 5.41) is 7.11. The highest BCUT2D eigenvalue weighted by Crippen LogP contribution is 2.13. The van der Waals surface area contributed by atoms with E-state index in [0.29, 0.717) is 5.69 Å². The van der Waals surface area contributed by atoms with Gasteiger partial charge >= 0.3 is 12.1 Å². The number of alkyl carbamates (subject to hydrolysis) is 1. The Labute approximate surface area is 196 Å². The molecule has 0 aliphatic heterocycles. The lowest BCUT2D eigenvalue weighted by Crippen LogP contribution is -2.45. The number of carbonyl (C=O) groups excluding carboxylic acids is 5. The summed E-state index contributed by atoms with van der Waals surface area (Å²) in [6, 6.07) is -1.94. The van der Waals surface area contributed by atoms with Crippen LogP contribution >= 0.6 is 11.8 Å². The molecule has 1 rings (SSSR count). The molecule has 0 radical (unpaired) electrons. The largest absolute Gasteiger partial charge is 0.467 e. The van der Waals surface area contributed by atoms with E-state index in [1.807, 2.05) is 0 Å². The van der Waals surface area contributed by atoms with Crippen LogP contribution in [0, 0.1) is 0 Å². The molecule has 0 fully saturated rings. The van der Waals surface area contributed by atoms with Crippen molar-refractivity contribution in [1.29, 1.82) is 0 Å². The van der Waals surface area contributed by atoms with E-state index < -0.39 is 46.7 Å². The number of methoxy groups -OCH3 is 1. The van der Waals surface area contributed by atoms with Gasteiger partial charge in [-0.1, -0.05) is 11.8 Å². The molecule has 0 saturated heterocycles. The van der Waals surface area contributed by atoms with Crippen molar-refractivity contribution in [2.75, 3.05) is 19.4 Å². The Morgan fingerprint density at radius 1 is 1.15 bits per heavy atom. The predicted octanol–water partition coefficient (Wildman–Crippen LogP) is 0.289. The number of esters is 1. The van der Waals surface area contributed by atoms with Gasteiger partial charge in [0.15, 0.2) is 0 Å². The number of amides is 3. The molecule has 2 unspecified atom stereocenters. The summed E-state index contributed by atoms with van der Waals surface area (Å²) in [7, 11) is 1.18. The Bertz CT molecular complexity index is 823. The van der Waals surface area contributed by atoms with Crippen LogP contribution in [0.3, 0.4) is 0 Å². The highest BCUT2D eigenvalue weighted by atomic mass is 32.2.